The summed E-state index contributed by atoms with van der Waals surface area (Å²) in [5.74, 6) is -0.183. The summed E-state index contributed by atoms with van der Waals surface area (Å²) in [6.07, 6.45) is 3.15. The molecule has 1 N–H and O–H groups in total. The smallest absolute Gasteiger partial charge is 0.261 e. The number of hydrogen-bond donors (Lipinski definition) is 1. The molecule has 0 aliphatic heterocycles. The van der Waals surface area contributed by atoms with Crippen molar-refractivity contribution >= 4 is 17.3 Å². The van der Waals surface area contributed by atoms with Gasteiger partial charge in [-0.2, -0.15) is 5.26 Å². The summed E-state index contributed by atoms with van der Waals surface area (Å²) < 4.78 is 0. The number of carbonyl (C=O) groups excluding carboxylic acids is 1. The molecule has 1 amide bonds. The van der Waals surface area contributed by atoms with Gasteiger partial charge in [0.2, 0.25) is 0 Å². The zero-order chi connectivity index (χ0) is 14.5. The van der Waals surface area contributed by atoms with Crippen molar-refractivity contribution < 1.29 is 4.79 Å². The first-order valence-electron chi connectivity index (χ1n) is 6.07. The van der Waals surface area contributed by atoms with Crippen molar-refractivity contribution in [3.63, 3.8) is 0 Å². The average molecular weight is 266 g/mol. The fraction of sp³-hybridized carbons (Fsp3) is 0.133. The van der Waals surface area contributed by atoms with Gasteiger partial charge in [0.25, 0.3) is 5.91 Å². The van der Waals surface area contributed by atoms with Crippen molar-refractivity contribution in [1.29, 1.82) is 5.26 Å². The van der Waals surface area contributed by atoms with Crippen LogP contribution in [0.3, 0.4) is 0 Å². The second-order valence-corrected chi connectivity index (χ2v) is 4.20. The highest BCUT2D eigenvalue weighted by molar-refractivity contribution is 6.09. The number of amides is 1. The van der Waals surface area contributed by atoms with E-state index in [2.05, 4.69) is 16.4 Å². The molecule has 100 valence electrons. The molecule has 1 aromatic carbocycles. The Balaban J connectivity index is 2.35. The maximum Gasteiger partial charge on any atom is 0.261 e. The molecule has 0 fully saturated rings. The number of pyridine rings is 1. The van der Waals surface area contributed by atoms with E-state index < -0.39 is 0 Å². The quantitative estimate of drug-likeness (QED) is 0.925. The monoisotopic (exact) mass is 266 g/mol. The Morgan fingerprint density at radius 1 is 1.40 bits per heavy atom. The lowest BCUT2D eigenvalue weighted by atomic mass is 10.1. The fourth-order valence-corrected chi connectivity index (χ4v) is 1.86. The lowest BCUT2D eigenvalue weighted by Gasteiger charge is -2.19. The van der Waals surface area contributed by atoms with Crippen LogP contribution >= 0.6 is 0 Å². The molecule has 1 heterocycles. The molecular weight excluding hydrogens is 252 g/mol. The maximum atomic E-state index is 12.5. The molecule has 0 saturated carbocycles. The summed E-state index contributed by atoms with van der Waals surface area (Å²) >= 11 is 0. The van der Waals surface area contributed by atoms with Crippen LogP contribution in [0.15, 0.2) is 42.7 Å². The molecule has 0 unspecified atom stereocenters. The average Bonchev–Trinajstić information content (AvgIpc) is 2.53. The SMILES string of the molecule is CNc1ccncc1C(=O)N(C)c1cccc(C#N)c1. The molecular formula is C15H14N4O. The van der Waals surface area contributed by atoms with Gasteiger partial charge in [-0.25, -0.2) is 0 Å². The molecule has 2 aromatic rings. The van der Waals surface area contributed by atoms with Crippen LogP contribution in [0.4, 0.5) is 11.4 Å². The molecule has 0 aliphatic carbocycles. The molecule has 0 aliphatic rings. The van der Waals surface area contributed by atoms with E-state index >= 15 is 0 Å². The van der Waals surface area contributed by atoms with Crippen LogP contribution in [0, 0.1) is 11.3 Å². The Morgan fingerprint density at radius 2 is 2.20 bits per heavy atom. The summed E-state index contributed by atoms with van der Waals surface area (Å²) in [6.45, 7) is 0. The van der Waals surface area contributed by atoms with Crippen LogP contribution in [0.2, 0.25) is 0 Å². The van der Waals surface area contributed by atoms with Gasteiger partial charge in [0, 0.05) is 37.9 Å². The lowest BCUT2D eigenvalue weighted by molar-refractivity contribution is 0.0993. The van der Waals surface area contributed by atoms with Crippen molar-refractivity contribution in [3.8, 4) is 6.07 Å². The first-order valence-corrected chi connectivity index (χ1v) is 6.07. The van der Waals surface area contributed by atoms with E-state index in [0.717, 1.165) is 0 Å². The maximum absolute atomic E-state index is 12.5. The first kappa shape index (κ1) is 13.6. The third kappa shape index (κ3) is 2.59. The summed E-state index contributed by atoms with van der Waals surface area (Å²) in [5, 5.41) is 11.9. The van der Waals surface area contributed by atoms with Crippen LogP contribution in [0.1, 0.15) is 15.9 Å². The zero-order valence-electron chi connectivity index (χ0n) is 11.3. The van der Waals surface area contributed by atoms with Gasteiger partial charge in [-0.1, -0.05) is 6.07 Å². The van der Waals surface area contributed by atoms with Gasteiger partial charge in [0.05, 0.1) is 17.2 Å². The van der Waals surface area contributed by atoms with Gasteiger partial charge in [-0.05, 0) is 24.3 Å². The number of nitrogens with one attached hydrogen (secondary N) is 1. The fourth-order valence-electron chi connectivity index (χ4n) is 1.86. The van der Waals surface area contributed by atoms with E-state index in [-0.39, 0.29) is 5.91 Å². The number of hydrogen-bond acceptors (Lipinski definition) is 4. The highest BCUT2D eigenvalue weighted by Gasteiger charge is 2.17. The van der Waals surface area contributed by atoms with E-state index in [9.17, 15) is 4.79 Å². The Labute approximate surface area is 117 Å². The van der Waals surface area contributed by atoms with E-state index in [1.807, 2.05) is 0 Å². The number of aromatic nitrogens is 1. The van der Waals surface area contributed by atoms with Gasteiger partial charge in [0.15, 0.2) is 0 Å². The number of nitrogens with zero attached hydrogens (tertiary/aromatic N) is 3. The molecule has 0 saturated heterocycles. The number of benzene rings is 1. The number of rotatable bonds is 3. The highest BCUT2D eigenvalue weighted by atomic mass is 16.2. The van der Waals surface area contributed by atoms with E-state index in [4.69, 9.17) is 5.26 Å². The molecule has 1 aromatic heterocycles. The van der Waals surface area contributed by atoms with Gasteiger partial charge in [-0.3, -0.25) is 9.78 Å². The minimum absolute atomic E-state index is 0.183. The molecule has 0 bridgehead atoms. The van der Waals surface area contributed by atoms with Gasteiger partial charge in [0.1, 0.15) is 0 Å². The van der Waals surface area contributed by atoms with Crippen LogP contribution in [0.5, 0.6) is 0 Å². The lowest BCUT2D eigenvalue weighted by Crippen LogP contribution is -2.27. The third-order valence-electron chi connectivity index (χ3n) is 2.99. The highest BCUT2D eigenvalue weighted by Crippen LogP contribution is 2.20. The second kappa shape index (κ2) is 5.85. The molecule has 5 nitrogen and oxygen atoms in total. The molecule has 0 spiro atoms. The van der Waals surface area contributed by atoms with E-state index in [0.29, 0.717) is 22.5 Å². The standard InChI is InChI=1S/C15H14N4O/c1-17-14-6-7-18-10-13(14)15(20)19(2)12-5-3-4-11(8-12)9-16/h3-8,10H,1-2H3,(H,17,18). The van der Waals surface area contributed by atoms with Crippen molar-refractivity contribution in [2.75, 3.05) is 24.3 Å². The summed E-state index contributed by atoms with van der Waals surface area (Å²) in [6, 6.07) is 10.7. The molecule has 5 heteroatoms. The van der Waals surface area contributed by atoms with E-state index in [1.54, 1.807) is 50.6 Å². The van der Waals surface area contributed by atoms with Crippen LogP contribution in [-0.4, -0.2) is 25.0 Å². The Kier molecular flexibility index (Phi) is 3.96. The van der Waals surface area contributed by atoms with Gasteiger partial charge < -0.3 is 10.2 Å². The Hall–Kier alpha value is -2.87. The topological polar surface area (TPSA) is 69.0 Å². The van der Waals surface area contributed by atoms with Crippen molar-refractivity contribution in [2.24, 2.45) is 0 Å². The van der Waals surface area contributed by atoms with Crippen LogP contribution < -0.4 is 10.2 Å². The van der Waals surface area contributed by atoms with Crippen LogP contribution in [-0.2, 0) is 0 Å². The normalized spacial score (nSPS) is 9.65. The molecule has 0 radical (unpaired) electrons. The minimum atomic E-state index is -0.183. The zero-order valence-corrected chi connectivity index (χ0v) is 11.3. The van der Waals surface area contributed by atoms with Gasteiger partial charge >= 0.3 is 0 Å². The molecule has 20 heavy (non-hydrogen) atoms. The Bertz CT molecular complexity index is 676. The van der Waals surface area contributed by atoms with Crippen molar-refractivity contribution in [3.05, 3.63) is 53.9 Å². The third-order valence-corrected chi connectivity index (χ3v) is 2.99. The summed E-state index contributed by atoms with van der Waals surface area (Å²) in [4.78, 5) is 18.0. The largest absolute Gasteiger partial charge is 0.387 e. The van der Waals surface area contributed by atoms with E-state index in [1.165, 1.54) is 11.1 Å². The van der Waals surface area contributed by atoms with Crippen LogP contribution in [0.25, 0.3) is 0 Å². The van der Waals surface area contributed by atoms with Gasteiger partial charge in [-0.15, -0.1) is 0 Å². The van der Waals surface area contributed by atoms with Crippen molar-refractivity contribution in [1.82, 2.24) is 4.98 Å². The molecule has 0 atom stereocenters. The summed E-state index contributed by atoms with van der Waals surface area (Å²) in [7, 11) is 3.42. The number of carbonyl (C=O) groups is 1. The minimum Gasteiger partial charge on any atom is -0.387 e. The Morgan fingerprint density at radius 3 is 2.90 bits per heavy atom. The molecule has 2 rings (SSSR count). The number of nitriles is 1. The first-order chi connectivity index (χ1) is 9.67. The second-order valence-electron chi connectivity index (χ2n) is 4.20. The van der Waals surface area contributed by atoms with Crippen molar-refractivity contribution in [2.45, 2.75) is 0 Å². The summed E-state index contributed by atoms with van der Waals surface area (Å²) in [5.41, 5.74) is 2.38. The predicted molar refractivity (Wildman–Crippen MR) is 77.7 cm³/mol. The predicted octanol–water partition coefficient (Wildman–Crippen LogP) is 2.27. The number of anilines is 2.